The summed E-state index contributed by atoms with van der Waals surface area (Å²) >= 11 is 6.34. The smallest absolute Gasteiger partial charge is 0.255 e. The predicted octanol–water partition coefficient (Wildman–Crippen LogP) is 4.42. The lowest BCUT2D eigenvalue weighted by Crippen LogP contribution is -2.13. The first-order valence-electron chi connectivity index (χ1n) is 9.42. The molecule has 3 rings (SSSR count). The van der Waals surface area contributed by atoms with Crippen LogP contribution in [0, 0.1) is 0 Å². The molecule has 8 heteroatoms. The van der Waals surface area contributed by atoms with Crippen LogP contribution in [0.3, 0.4) is 0 Å². The summed E-state index contributed by atoms with van der Waals surface area (Å²) in [5, 5.41) is 7.30. The number of anilines is 1. The maximum Gasteiger partial charge on any atom is 0.255 e. The van der Waals surface area contributed by atoms with Crippen LogP contribution in [-0.2, 0) is 6.54 Å². The van der Waals surface area contributed by atoms with Crippen molar-refractivity contribution >= 4 is 23.2 Å². The van der Waals surface area contributed by atoms with Crippen LogP contribution in [0.4, 0.5) is 5.69 Å². The molecule has 0 aliphatic carbocycles. The standard InChI is InChI=1S/C21H23ClN4O3/c1-3-9-29-20-18(22)10-16(11-19(20)28-4-2)21(27)25-17-7-5-15(6-8-17)12-26-14-23-13-24-26/h5-8,10-11,13-14H,3-4,9,12H2,1-2H3,(H,25,27). The molecule has 0 spiro atoms. The van der Waals surface area contributed by atoms with E-state index in [1.807, 2.05) is 38.1 Å². The third-order valence-electron chi connectivity index (χ3n) is 4.05. The third kappa shape index (κ3) is 5.48. The molecule has 1 N–H and O–H groups in total. The molecule has 0 saturated heterocycles. The summed E-state index contributed by atoms with van der Waals surface area (Å²) in [4.78, 5) is 16.6. The lowest BCUT2D eigenvalue weighted by Gasteiger charge is -2.15. The lowest BCUT2D eigenvalue weighted by atomic mass is 10.1. The largest absolute Gasteiger partial charge is 0.490 e. The Morgan fingerprint density at radius 1 is 1.17 bits per heavy atom. The van der Waals surface area contributed by atoms with Crippen molar-refractivity contribution in [2.24, 2.45) is 0 Å². The fraction of sp³-hybridized carbons (Fsp3) is 0.286. The van der Waals surface area contributed by atoms with Gasteiger partial charge >= 0.3 is 0 Å². The highest BCUT2D eigenvalue weighted by molar-refractivity contribution is 6.32. The van der Waals surface area contributed by atoms with Crippen molar-refractivity contribution in [1.82, 2.24) is 14.8 Å². The number of halogens is 1. The van der Waals surface area contributed by atoms with Crippen molar-refractivity contribution in [3.8, 4) is 11.5 Å². The Kier molecular flexibility index (Phi) is 7.08. The number of nitrogens with one attached hydrogen (secondary N) is 1. The first-order chi connectivity index (χ1) is 14.1. The van der Waals surface area contributed by atoms with Crippen LogP contribution >= 0.6 is 11.6 Å². The summed E-state index contributed by atoms with van der Waals surface area (Å²) in [6.45, 7) is 5.45. The molecule has 0 atom stereocenters. The van der Waals surface area contributed by atoms with Crippen LogP contribution < -0.4 is 14.8 Å². The van der Waals surface area contributed by atoms with Gasteiger partial charge in [0.05, 0.1) is 24.8 Å². The lowest BCUT2D eigenvalue weighted by molar-refractivity contribution is 0.102. The van der Waals surface area contributed by atoms with Crippen LogP contribution in [0.25, 0.3) is 0 Å². The molecule has 1 heterocycles. The summed E-state index contributed by atoms with van der Waals surface area (Å²) in [5.41, 5.74) is 2.12. The van der Waals surface area contributed by atoms with Crippen molar-refractivity contribution in [2.45, 2.75) is 26.8 Å². The number of nitrogens with zero attached hydrogens (tertiary/aromatic N) is 3. The van der Waals surface area contributed by atoms with E-state index in [1.54, 1.807) is 23.1 Å². The number of carbonyl (C=O) groups is 1. The summed E-state index contributed by atoms with van der Waals surface area (Å²) in [7, 11) is 0. The topological polar surface area (TPSA) is 78.3 Å². The van der Waals surface area contributed by atoms with Crippen LogP contribution in [0.2, 0.25) is 5.02 Å². The molecule has 1 aromatic heterocycles. The van der Waals surface area contributed by atoms with Gasteiger partial charge in [-0.1, -0.05) is 30.7 Å². The SMILES string of the molecule is CCCOc1c(Cl)cc(C(=O)Nc2ccc(Cn3cncn3)cc2)cc1OCC. The van der Waals surface area contributed by atoms with Gasteiger partial charge < -0.3 is 14.8 Å². The van der Waals surface area contributed by atoms with E-state index in [0.29, 0.717) is 47.5 Å². The Morgan fingerprint density at radius 3 is 2.62 bits per heavy atom. The van der Waals surface area contributed by atoms with E-state index < -0.39 is 0 Å². The molecule has 29 heavy (non-hydrogen) atoms. The van der Waals surface area contributed by atoms with Crippen molar-refractivity contribution in [1.29, 1.82) is 0 Å². The summed E-state index contributed by atoms with van der Waals surface area (Å²) in [5.74, 6) is 0.644. The fourth-order valence-corrected chi connectivity index (χ4v) is 2.97. The molecular weight excluding hydrogens is 392 g/mol. The first kappa shape index (κ1) is 20.7. The van der Waals surface area contributed by atoms with E-state index in [0.717, 1.165) is 12.0 Å². The van der Waals surface area contributed by atoms with Gasteiger partial charge in [0.1, 0.15) is 12.7 Å². The van der Waals surface area contributed by atoms with Gasteiger partial charge in [0.2, 0.25) is 0 Å². The quantitative estimate of drug-likeness (QED) is 0.560. The van der Waals surface area contributed by atoms with Gasteiger partial charge in [-0.3, -0.25) is 4.79 Å². The number of hydrogen-bond donors (Lipinski definition) is 1. The van der Waals surface area contributed by atoms with Crippen molar-refractivity contribution in [3.05, 3.63) is 65.2 Å². The average molecular weight is 415 g/mol. The third-order valence-corrected chi connectivity index (χ3v) is 4.33. The second-order valence-electron chi connectivity index (χ2n) is 6.31. The van der Waals surface area contributed by atoms with Gasteiger partial charge in [0, 0.05) is 11.3 Å². The highest BCUT2D eigenvalue weighted by atomic mass is 35.5. The van der Waals surface area contributed by atoms with Crippen LogP contribution in [0.1, 0.15) is 36.2 Å². The maximum absolute atomic E-state index is 12.7. The van der Waals surface area contributed by atoms with Crippen LogP contribution in [0.5, 0.6) is 11.5 Å². The van der Waals surface area contributed by atoms with E-state index in [9.17, 15) is 4.79 Å². The Hall–Kier alpha value is -3.06. The number of aromatic nitrogens is 3. The summed E-state index contributed by atoms with van der Waals surface area (Å²) in [6, 6.07) is 10.8. The van der Waals surface area contributed by atoms with Crippen LogP contribution in [0.15, 0.2) is 49.1 Å². The minimum absolute atomic E-state index is 0.279. The minimum atomic E-state index is -0.279. The van der Waals surface area contributed by atoms with E-state index in [1.165, 1.54) is 6.33 Å². The molecule has 1 amide bonds. The number of amides is 1. The van der Waals surface area contributed by atoms with Gasteiger partial charge in [-0.25, -0.2) is 9.67 Å². The number of carbonyl (C=O) groups excluding carboxylic acids is 1. The van der Waals surface area contributed by atoms with Crippen LogP contribution in [-0.4, -0.2) is 33.9 Å². The molecule has 0 aliphatic rings. The Bertz CT molecular complexity index is 943. The zero-order chi connectivity index (χ0) is 20.6. The molecule has 0 bridgehead atoms. The molecule has 0 radical (unpaired) electrons. The molecule has 0 saturated carbocycles. The van der Waals surface area contributed by atoms with Gasteiger partial charge in [0.15, 0.2) is 11.5 Å². The Morgan fingerprint density at radius 2 is 1.97 bits per heavy atom. The zero-order valence-corrected chi connectivity index (χ0v) is 17.1. The maximum atomic E-state index is 12.7. The molecule has 3 aromatic rings. The van der Waals surface area contributed by atoms with Gasteiger partial charge in [-0.2, -0.15) is 5.10 Å². The second-order valence-corrected chi connectivity index (χ2v) is 6.72. The molecule has 0 unspecified atom stereocenters. The Balaban J connectivity index is 1.72. The highest BCUT2D eigenvalue weighted by Gasteiger charge is 2.16. The van der Waals surface area contributed by atoms with Crippen molar-refractivity contribution in [2.75, 3.05) is 18.5 Å². The van der Waals surface area contributed by atoms with E-state index >= 15 is 0 Å². The monoisotopic (exact) mass is 414 g/mol. The van der Waals surface area contributed by atoms with E-state index in [4.69, 9.17) is 21.1 Å². The number of hydrogen-bond acceptors (Lipinski definition) is 5. The van der Waals surface area contributed by atoms with Gasteiger partial charge in [-0.05, 0) is 43.2 Å². The predicted molar refractivity (Wildman–Crippen MR) is 112 cm³/mol. The van der Waals surface area contributed by atoms with Crippen molar-refractivity contribution < 1.29 is 14.3 Å². The first-order valence-corrected chi connectivity index (χ1v) is 9.80. The highest BCUT2D eigenvalue weighted by Crippen LogP contribution is 2.37. The normalized spacial score (nSPS) is 10.6. The average Bonchev–Trinajstić information content (AvgIpc) is 3.22. The number of rotatable bonds is 9. The van der Waals surface area contributed by atoms with E-state index in [2.05, 4.69) is 15.4 Å². The van der Waals surface area contributed by atoms with E-state index in [-0.39, 0.29) is 5.91 Å². The number of ether oxygens (including phenoxy) is 2. The number of benzene rings is 2. The summed E-state index contributed by atoms with van der Waals surface area (Å²) in [6.07, 6.45) is 4.00. The van der Waals surface area contributed by atoms with Gasteiger partial charge in [-0.15, -0.1) is 0 Å². The molecule has 0 aliphatic heterocycles. The fourth-order valence-electron chi connectivity index (χ4n) is 2.70. The summed E-state index contributed by atoms with van der Waals surface area (Å²) < 4.78 is 13.0. The Labute approximate surface area is 174 Å². The van der Waals surface area contributed by atoms with Gasteiger partial charge in [0.25, 0.3) is 5.91 Å². The molecular formula is C21H23ClN4O3. The van der Waals surface area contributed by atoms with Crippen molar-refractivity contribution in [3.63, 3.8) is 0 Å². The molecule has 152 valence electrons. The molecule has 2 aromatic carbocycles. The molecule has 7 nitrogen and oxygen atoms in total. The second kappa shape index (κ2) is 9.93. The molecule has 0 fully saturated rings. The minimum Gasteiger partial charge on any atom is -0.490 e. The zero-order valence-electron chi connectivity index (χ0n) is 16.4.